The first-order valence-electron chi connectivity index (χ1n) is 13.3. The van der Waals surface area contributed by atoms with Gasteiger partial charge in [0.2, 0.25) is 5.13 Å². The average molecular weight is 562 g/mol. The minimum absolute atomic E-state index is 0.0642. The maximum atomic E-state index is 13.6. The number of anilines is 1. The summed E-state index contributed by atoms with van der Waals surface area (Å²) in [7, 11) is 0. The number of amides is 1. The van der Waals surface area contributed by atoms with Crippen molar-refractivity contribution in [2.24, 2.45) is 0 Å². The molecule has 1 aromatic carbocycles. The van der Waals surface area contributed by atoms with Crippen LogP contribution in [0.3, 0.4) is 0 Å². The zero-order valence-electron chi connectivity index (χ0n) is 22.9. The van der Waals surface area contributed by atoms with E-state index in [0.717, 1.165) is 19.3 Å². The van der Waals surface area contributed by atoms with Gasteiger partial charge < -0.3 is 14.6 Å². The molecule has 0 saturated carbocycles. The minimum atomic E-state index is -0.977. The first kappa shape index (κ1) is 27.3. The summed E-state index contributed by atoms with van der Waals surface area (Å²) in [4.78, 5) is 32.9. The molecule has 0 radical (unpaired) electrons. The van der Waals surface area contributed by atoms with E-state index < -0.39 is 17.7 Å². The topological polar surface area (TPSA) is 119 Å². The van der Waals surface area contributed by atoms with Gasteiger partial charge >= 0.3 is 5.91 Å². The minimum Gasteiger partial charge on any atom is -0.505 e. The third-order valence-corrected chi connectivity index (χ3v) is 7.52. The van der Waals surface area contributed by atoms with Crippen LogP contribution in [0.15, 0.2) is 48.2 Å². The van der Waals surface area contributed by atoms with Gasteiger partial charge in [-0.3, -0.25) is 18.9 Å². The summed E-state index contributed by atoms with van der Waals surface area (Å²) in [6, 6.07) is 9.78. The van der Waals surface area contributed by atoms with Crippen LogP contribution >= 0.6 is 11.3 Å². The van der Waals surface area contributed by atoms with Crippen molar-refractivity contribution < 1.29 is 24.2 Å². The Bertz CT molecular complexity index is 1610. The highest BCUT2D eigenvalue weighted by atomic mass is 32.1. The smallest absolute Gasteiger partial charge is 0.301 e. The highest BCUT2D eigenvalue weighted by molar-refractivity contribution is 7.15. The second kappa shape index (κ2) is 11.5. The fourth-order valence-electron chi connectivity index (χ4n) is 4.87. The number of ketones is 1. The van der Waals surface area contributed by atoms with Crippen molar-refractivity contribution in [2.75, 3.05) is 18.1 Å². The van der Waals surface area contributed by atoms with Crippen molar-refractivity contribution in [1.82, 2.24) is 19.6 Å². The predicted molar refractivity (Wildman–Crippen MR) is 152 cm³/mol. The normalized spacial score (nSPS) is 16.7. The van der Waals surface area contributed by atoms with Gasteiger partial charge in [-0.1, -0.05) is 43.2 Å². The van der Waals surface area contributed by atoms with E-state index in [1.807, 2.05) is 13.0 Å². The number of nitrogens with zero attached hydrogens (tertiary/aromatic N) is 5. The van der Waals surface area contributed by atoms with Crippen molar-refractivity contribution in [1.29, 1.82) is 0 Å². The lowest BCUT2D eigenvalue weighted by atomic mass is 9.96. The SMILES string of the molecule is CCCCCOc1ccc(C2/C(=C(\O)c3c(C)nc4ccccn34)C(=O)C(=O)N2c2nnc(C)s2)cc1OCC. The van der Waals surface area contributed by atoms with Gasteiger partial charge in [-0.15, -0.1) is 10.2 Å². The zero-order valence-corrected chi connectivity index (χ0v) is 23.7. The van der Waals surface area contributed by atoms with Gasteiger partial charge in [0.1, 0.15) is 16.3 Å². The molecule has 1 fully saturated rings. The van der Waals surface area contributed by atoms with Crippen LogP contribution in [0.2, 0.25) is 0 Å². The van der Waals surface area contributed by atoms with E-state index in [-0.39, 0.29) is 16.5 Å². The van der Waals surface area contributed by atoms with E-state index in [2.05, 4.69) is 22.1 Å². The van der Waals surface area contributed by atoms with Crippen molar-refractivity contribution in [3.8, 4) is 11.5 Å². The molecule has 5 rings (SSSR count). The van der Waals surface area contributed by atoms with Crippen molar-refractivity contribution in [2.45, 2.75) is 53.0 Å². The maximum Gasteiger partial charge on any atom is 0.301 e. The quantitative estimate of drug-likeness (QED) is 0.118. The van der Waals surface area contributed by atoms with Gasteiger partial charge in [-0.25, -0.2) is 4.98 Å². The summed E-state index contributed by atoms with van der Waals surface area (Å²) < 4.78 is 13.6. The van der Waals surface area contributed by atoms with Gasteiger partial charge in [0.15, 0.2) is 17.3 Å². The van der Waals surface area contributed by atoms with Gasteiger partial charge in [-0.05, 0) is 57.0 Å². The lowest BCUT2D eigenvalue weighted by Gasteiger charge is -2.23. The molecule has 1 unspecified atom stereocenters. The molecular weight excluding hydrogens is 530 g/mol. The molecule has 4 heterocycles. The molecule has 1 N–H and O–H groups in total. The average Bonchev–Trinajstić information content (AvgIpc) is 3.59. The van der Waals surface area contributed by atoms with E-state index in [4.69, 9.17) is 9.47 Å². The predicted octanol–water partition coefficient (Wildman–Crippen LogP) is 5.40. The fraction of sp³-hybridized carbons (Fsp3) is 0.345. The number of aliphatic hydroxyl groups excluding tert-OH is 1. The molecule has 40 heavy (non-hydrogen) atoms. The zero-order chi connectivity index (χ0) is 28.4. The van der Waals surface area contributed by atoms with Gasteiger partial charge in [0, 0.05) is 6.20 Å². The summed E-state index contributed by atoms with van der Waals surface area (Å²) in [5.41, 5.74) is 1.96. The number of aryl methyl sites for hydroxylation is 2. The van der Waals surface area contributed by atoms with Crippen LogP contribution in [0.1, 0.15) is 61.1 Å². The van der Waals surface area contributed by atoms with E-state index >= 15 is 0 Å². The second-order valence-corrected chi connectivity index (χ2v) is 10.6. The number of aromatic nitrogens is 4. The van der Waals surface area contributed by atoms with Crippen LogP contribution in [-0.4, -0.2) is 49.6 Å². The molecule has 4 aromatic rings. The van der Waals surface area contributed by atoms with Crippen LogP contribution < -0.4 is 14.4 Å². The summed E-state index contributed by atoms with van der Waals surface area (Å²) in [5.74, 6) is -0.879. The van der Waals surface area contributed by atoms with Gasteiger partial charge in [-0.2, -0.15) is 0 Å². The number of benzene rings is 1. The number of fused-ring (bicyclic) bond motifs is 1. The Balaban J connectivity index is 1.68. The largest absolute Gasteiger partial charge is 0.505 e. The molecule has 1 atom stereocenters. The van der Waals surface area contributed by atoms with Crippen LogP contribution in [0.25, 0.3) is 11.4 Å². The molecule has 0 bridgehead atoms. The number of rotatable bonds is 10. The van der Waals surface area contributed by atoms with E-state index in [1.165, 1.54) is 16.2 Å². The Labute approximate surface area is 235 Å². The highest BCUT2D eigenvalue weighted by Gasteiger charge is 2.49. The Morgan fingerprint density at radius 2 is 1.88 bits per heavy atom. The molecule has 1 aliphatic rings. The summed E-state index contributed by atoms with van der Waals surface area (Å²) in [6.07, 6.45) is 4.80. The number of carbonyl (C=O) groups excluding carboxylic acids is 2. The first-order valence-corrected chi connectivity index (χ1v) is 14.1. The van der Waals surface area contributed by atoms with E-state index in [9.17, 15) is 14.7 Å². The Hall–Kier alpha value is -4.25. The number of hydrogen-bond acceptors (Lipinski definition) is 9. The summed E-state index contributed by atoms with van der Waals surface area (Å²) in [6.45, 7) is 8.46. The van der Waals surface area contributed by atoms with Crippen LogP contribution in [0.5, 0.6) is 11.5 Å². The molecule has 208 valence electrons. The molecular formula is C29H31N5O5S. The fourth-order valence-corrected chi connectivity index (χ4v) is 5.59. The molecule has 0 aliphatic carbocycles. The molecule has 1 amide bonds. The number of Topliss-reactive ketones (excluding diaryl/α,β-unsaturated/α-hetero) is 1. The van der Waals surface area contributed by atoms with Crippen molar-refractivity contribution >= 4 is 39.6 Å². The van der Waals surface area contributed by atoms with Gasteiger partial charge in [0.25, 0.3) is 5.78 Å². The lowest BCUT2D eigenvalue weighted by molar-refractivity contribution is -0.132. The summed E-state index contributed by atoms with van der Waals surface area (Å²) in [5, 5.41) is 20.8. The number of unbranched alkanes of at least 4 members (excludes halogenated alkanes) is 2. The van der Waals surface area contributed by atoms with Crippen molar-refractivity contribution in [3.63, 3.8) is 0 Å². The number of ether oxygens (including phenoxy) is 2. The Kier molecular flexibility index (Phi) is 7.83. The maximum absolute atomic E-state index is 13.6. The monoisotopic (exact) mass is 561 g/mol. The van der Waals surface area contributed by atoms with E-state index in [1.54, 1.807) is 54.8 Å². The second-order valence-electron chi connectivity index (χ2n) is 9.44. The molecule has 3 aromatic heterocycles. The third kappa shape index (κ3) is 4.92. The number of hydrogen-bond donors (Lipinski definition) is 1. The Morgan fingerprint density at radius 1 is 1.05 bits per heavy atom. The number of pyridine rings is 1. The standard InChI is InChI=1S/C29H31N5O5S/c1-5-7-10-15-39-20-13-12-19(16-21(20)38-6-2)25-23(27(36)28(37)34(25)29-32-31-18(4)40-29)26(35)24-17(3)30-22-11-8-9-14-33(22)24/h8-9,11-14,16,25,35H,5-7,10,15H2,1-4H3/b26-23+. The Morgan fingerprint density at radius 3 is 2.60 bits per heavy atom. The molecule has 1 aliphatic heterocycles. The van der Waals surface area contributed by atoms with Gasteiger partial charge in [0.05, 0.1) is 30.5 Å². The van der Waals surface area contributed by atoms with E-state index in [0.29, 0.717) is 52.3 Å². The highest BCUT2D eigenvalue weighted by Crippen LogP contribution is 2.45. The lowest BCUT2D eigenvalue weighted by Crippen LogP contribution is -2.29. The molecule has 11 heteroatoms. The molecule has 1 saturated heterocycles. The number of imidazole rings is 1. The van der Waals surface area contributed by atoms with Crippen LogP contribution in [-0.2, 0) is 9.59 Å². The van der Waals surface area contributed by atoms with Crippen LogP contribution in [0.4, 0.5) is 5.13 Å². The van der Waals surface area contributed by atoms with Crippen LogP contribution in [0, 0.1) is 13.8 Å². The van der Waals surface area contributed by atoms with Crippen molar-refractivity contribution in [3.05, 3.63) is 70.1 Å². The summed E-state index contributed by atoms with van der Waals surface area (Å²) >= 11 is 1.19. The molecule has 10 nitrogen and oxygen atoms in total. The number of aliphatic hydroxyl groups is 1. The molecule has 0 spiro atoms. The third-order valence-electron chi connectivity index (χ3n) is 6.68. The number of carbonyl (C=O) groups is 2. The first-order chi connectivity index (χ1) is 19.3.